The van der Waals surface area contributed by atoms with Gasteiger partial charge in [-0.05, 0) is 78.1 Å². The molecule has 2 aromatic heterocycles. The number of aliphatic carboxylic acids is 1. The van der Waals surface area contributed by atoms with Crippen LogP contribution in [-0.2, 0) is 30.2 Å². The first-order chi connectivity index (χ1) is 26.1. The summed E-state index contributed by atoms with van der Waals surface area (Å²) in [6, 6.07) is 2.87. The number of thiazole rings is 1. The van der Waals surface area contributed by atoms with Gasteiger partial charge in [0, 0.05) is 61.9 Å². The number of aliphatic hydroxyl groups excluding tert-OH is 1. The molecule has 17 heteroatoms. The van der Waals surface area contributed by atoms with Crippen molar-refractivity contribution in [2.24, 2.45) is 0 Å². The van der Waals surface area contributed by atoms with Crippen molar-refractivity contribution in [1.82, 2.24) is 25.7 Å². The number of nitrogens with zero attached hydrogens (tertiary/aromatic N) is 5. The Kier molecular flexibility index (Phi) is 13.7. The summed E-state index contributed by atoms with van der Waals surface area (Å²) in [6.45, 7) is 13.8. The van der Waals surface area contributed by atoms with E-state index in [1.165, 1.54) is 22.4 Å². The Labute approximate surface area is 324 Å². The van der Waals surface area contributed by atoms with Crippen LogP contribution >= 0.6 is 11.3 Å². The second-order valence-electron chi connectivity index (χ2n) is 14.6. The number of carbonyl (C=O) groups is 3. The van der Waals surface area contributed by atoms with E-state index in [1.54, 1.807) is 50.4 Å². The van der Waals surface area contributed by atoms with Crippen LogP contribution in [0.1, 0.15) is 81.6 Å². The lowest BCUT2D eigenvalue weighted by molar-refractivity contribution is -0.147. The van der Waals surface area contributed by atoms with E-state index in [0.29, 0.717) is 78.9 Å². The number of pyridine rings is 1. The molecule has 3 aromatic rings. The summed E-state index contributed by atoms with van der Waals surface area (Å²) in [4.78, 5) is 51.3. The lowest BCUT2D eigenvalue weighted by Crippen LogP contribution is -2.60. The molecule has 55 heavy (non-hydrogen) atoms. The summed E-state index contributed by atoms with van der Waals surface area (Å²) >= 11 is 1.20. The molecule has 4 atom stereocenters. The summed E-state index contributed by atoms with van der Waals surface area (Å²) in [5, 5.41) is 27.4. The van der Waals surface area contributed by atoms with E-state index in [1.807, 2.05) is 26.8 Å². The highest BCUT2D eigenvalue weighted by Gasteiger charge is 2.34. The van der Waals surface area contributed by atoms with E-state index in [9.17, 15) is 24.6 Å². The number of alkyl carbamates (subject to hydrolysis) is 1. The predicted octanol–water partition coefficient (Wildman–Crippen LogP) is 4.73. The average molecular weight is 786 g/mol. The van der Waals surface area contributed by atoms with Gasteiger partial charge in [-0.25, -0.2) is 19.6 Å². The van der Waals surface area contributed by atoms with Crippen LogP contribution in [-0.4, -0.2) is 107 Å². The van der Waals surface area contributed by atoms with Crippen molar-refractivity contribution in [1.29, 1.82) is 0 Å². The standard InChI is InChI=1S/C38H52FN7O8S/c1-8-45(34(47)26-17-24(44-12-14-53-15-13-44)20-40-33(26)23(3)52-7)31-18-27(39)25(16-22(31)2)30-21-55-32(41-30)19-29(42-37(51)54-38(4,5)6)35(48)46-11-9-10-28(43-46)36(49)50/h16-18,20-21,23,28-29,34,43,47H,8-15,19H2,1-7H3,(H,42,51)(H,49,50)/t23-,28-,29-,34?/m0/s1. The zero-order valence-corrected chi connectivity index (χ0v) is 33.2. The van der Waals surface area contributed by atoms with Crippen LogP contribution in [0.5, 0.6) is 0 Å². The number of anilines is 2. The SMILES string of the molecule is CCN(c1cc(F)c(-c2csc(C[C@H](NC(=O)OC(C)(C)C)C(=O)N3CCC[C@@H](C(=O)O)N3)n2)cc1C)C(O)c1cc(N2CCOCC2)cnc1[C@H](C)OC. The maximum absolute atomic E-state index is 16.1. The zero-order chi connectivity index (χ0) is 40.0. The van der Waals surface area contributed by atoms with Crippen molar-refractivity contribution in [3.63, 3.8) is 0 Å². The van der Waals surface area contributed by atoms with Crippen molar-refractivity contribution in [3.05, 3.63) is 57.4 Å². The number of ether oxygens (including phenoxy) is 3. The number of aliphatic hydroxyl groups is 1. The Balaban J connectivity index is 1.40. The number of morpholine rings is 1. The number of hydrogen-bond acceptors (Lipinski definition) is 13. The van der Waals surface area contributed by atoms with Crippen LogP contribution < -0.4 is 20.5 Å². The molecule has 0 aliphatic carbocycles. The molecule has 4 heterocycles. The highest BCUT2D eigenvalue weighted by atomic mass is 32.1. The van der Waals surface area contributed by atoms with Crippen molar-refractivity contribution in [2.45, 2.75) is 90.8 Å². The Bertz CT molecular complexity index is 1830. The Morgan fingerprint density at radius 3 is 2.58 bits per heavy atom. The molecule has 0 saturated carbocycles. The van der Waals surface area contributed by atoms with E-state index in [0.717, 1.165) is 5.69 Å². The molecule has 1 unspecified atom stereocenters. The van der Waals surface area contributed by atoms with Gasteiger partial charge >= 0.3 is 12.1 Å². The van der Waals surface area contributed by atoms with Crippen LogP contribution in [0.3, 0.4) is 0 Å². The first kappa shape index (κ1) is 41.7. The van der Waals surface area contributed by atoms with Crippen LogP contribution in [0.15, 0.2) is 29.8 Å². The fourth-order valence-corrected chi connectivity index (χ4v) is 7.46. The Morgan fingerprint density at radius 1 is 1.20 bits per heavy atom. The highest BCUT2D eigenvalue weighted by Crippen LogP contribution is 2.37. The number of hydrazine groups is 1. The molecule has 5 rings (SSSR count). The molecule has 15 nitrogen and oxygen atoms in total. The fourth-order valence-electron chi connectivity index (χ4n) is 6.62. The van der Waals surface area contributed by atoms with Crippen molar-refractivity contribution < 1.29 is 43.2 Å². The number of amides is 2. The maximum Gasteiger partial charge on any atom is 0.408 e. The molecule has 4 N–H and O–H groups in total. The van der Waals surface area contributed by atoms with E-state index in [-0.39, 0.29) is 18.5 Å². The normalized spacial score (nSPS) is 18.0. The second-order valence-corrected chi connectivity index (χ2v) is 15.5. The van der Waals surface area contributed by atoms with Gasteiger partial charge in [0.2, 0.25) is 0 Å². The molecule has 2 fully saturated rings. The van der Waals surface area contributed by atoms with Crippen LogP contribution in [0.25, 0.3) is 11.3 Å². The fraction of sp³-hybridized carbons (Fsp3) is 0.553. The number of halogens is 1. The van der Waals surface area contributed by atoms with Crippen LogP contribution in [0, 0.1) is 12.7 Å². The van der Waals surface area contributed by atoms with E-state index >= 15 is 4.39 Å². The number of benzene rings is 1. The predicted molar refractivity (Wildman–Crippen MR) is 205 cm³/mol. The number of aromatic nitrogens is 2. The first-order valence-electron chi connectivity index (χ1n) is 18.4. The van der Waals surface area contributed by atoms with Crippen LogP contribution in [0.4, 0.5) is 20.6 Å². The lowest BCUT2D eigenvalue weighted by Gasteiger charge is -2.34. The molecule has 0 bridgehead atoms. The van der Waals surface area contributed by atoms with E-state index in [4.69, 9.17) is 19.2 Å². The molecule has 2 aliphatic heterocycles. The van der Waals surface area contributed by atoms with E-state index < -0.39 is 53.8 Å². The molecule has 2 saturated heterocycles. The summed E-state index contributed by atoms with van der Waals surface area (Å²) in [6.07, 6.45) is 0.138. The zero-order valence-electron chi connectivity index (χ0n) is 32.4. The molecule has 2 amide bonds. The van der Waals surface area contributed by atoms with Crippen molar-refractivity contribution >= 4 is 40.7 Å². The summed E-state index contributed by atoms with van der Waals surface area (Å²) in [5.74, 6) is -2.20. The number of carboxylic acids is 1. The topological polar surface area (TPSA) is 179 Å². The quantitative estimate of drug-likeness (QED) is 0.175. The monoisotopic (exact) mass is 785 g/mol. The van der Waals surface area contributed by atoms with Gasteiger partial charge < -0.3 is 39.5 Å². The number of rotatable bonds is 13. The van der Waals surface area contributed by atoms with Gasteiger partial charge in [0.25, 0.3) is 5.91 Å². The molecule has 0 spiro atoms. The molecular formula is C38H52FN7O8S. The Morgan fingerprint density at radius 2 is 1.93 bits per heavy atom. The van der Waals surface area contributed by atoms with Crippen molar-refractivity contribution in [3.8, 4) is 11.3 Å². The molecular weight excluding hydrogens is 734 g/mol. The Hall–Kier alpha value is -4.42. The van der Waals surface area contributed by atoms with Gasteiger partial charge in [0.15, 0.2) is 6.23 Å². The molecule has 1 aromatic carbocycles. The lowest BCUT2D eigenvalue weighted by atomic mass is 10.0. The minimum Gasteiger partial charge on any atom is -0.480 e. The third-order valence-electron chi connectivity index (χ3n) is 9.50. The van der Waals surface area contributed by atoms with Gasteiger partial charge in [-0.1, -0.05) is 0 Å². The number of carboxylic acid groups (broad SMARTS) is 1. The summed E-state index contributed by atoms with van der Waals surface area (Å²) in [7, 11) is 1.58. The number of carbonyl (C=O) groups excluding carboxylic acids is 2. The van der Waals surface area contributed by atoms with Crippen LogP contribution in [0.2, 0.25) is 0 Å². The number of methoxy groups -OCH3 is 1. The summed E-state index contributed by atoms with van der Waals surface area (Å²) in [5.41, 5.74) is 5.62. The third kappa shape index (κ3) is 10.3. The third-order valence-corrected chi connectivity index (χ3v) is 10.4. The summed E-state index contributed by atoms with van der Waals surface area (Å²) < 4.78 is 32.7. The second kappa shape index (κ2) is 18.0. The van der Waals surface area contributed by atoms with Gasteiger partial charge in [-0.2, -0.15) is 0 Å². The average Bonchev–Trinajstić information content (AvgIpc) is 3.62. The minimum atomic E-state index is -1.17. The largest absolute Gasteiger partial charge is 0.480 e. The molecule has 0 radical (unpaired) electrons. The van der Waals surface area contributed by atoms with Gasteiger partial charge in [-0.15, -0.1) is 11.3 Å². The minimum absolute atomic E-state index is 0.0487. The smallest absolute Gasteiger partial charge is 0.408 e. The number of aryl methyl sites for hydroxylation is 1. The first-order valence-corrected chi connectivity index (χ1v) is 19.3. The molecule has 300 valence electrons. The maximum atomic E-state index is 16.1. The van der Waals surface area contributed by atoms with Gasteiger partial charge in [-0.3, -0.25) is 19.6 Å². The number of nitrogens with one attached hydrogen (secondary N) is 2. The number of hydrogen-bond donors (Lipinski definition) is 4. The van der Waals surface area contributed by atoms with Gasteiger partial charge in [0.1, 0.15) is 23.5 Å². The highest BCUT2D eigenvalue weighted by molar-refractivity contribution is 7.10. The van der Waals surface area contributed by atoms with Gasteiger partial charge in [0.05, 0.1) is 47.6 Å². The molecule has 2 aliphatic rings. The van der Waals surface area contributed by atoms with Crippen molar-refractivity contribution in [2.75, 3.05) is 56.3 Å². The van der Waals surface area contributed by atoms with E-state index in [2.05, 4.69) is 20.6 Å².